The first-order valence-corrected chi connectivity index (χ1v) is 7.44. The zero-order valence-electron chi connectivity index (χ0n) is 10.0. The third-order valence-electron chi connectivity index (χ3n) is 2.98. The molecule has 0 bridgehead atoms. The average molecular weight is 391 g/mol. The number of nitrogens with one attached hydrogen (secondary N) is 1. The SMILES string of the molecule is O=C(O)Cc1ccc(NC(=O)CC2CC2(Br)Br)cc1. The molecule has 0 radical (unpaired) electrons. The fourth-order valence-corrected chi connectivity index (χ4v) is 2.91. The summed E-state index contributed by atoms with van der Waals surface area (Å²) in [7, 11) is 0. The van der Waals surface area contributed by atoms with Gasteiger partial charge in [0.25, 0.3) is 0 Å². The second kappa shape index (κ2) is 5.63. The molecule has 0 aromatic heterocycles. The number of carbonyl (C=O) groups is 2. The molecule has 0 spiro atoms. The van der Waals surface area contributed by atoms with E-state index in [-0.39, 0.29) is 15.6 Å². The van der Waals surface area contributed by atoms with Gasteiger partial charge in [-0.05, 0) is 30.0 Å². The third kappa shape index (κ3) is 4.31. The highest BCUT2D eigenvalue weighted by atomic mass is 79.9. The van der Waals surface area contributed by atoms with Gasteiger partial charge in [-0.25, -0.2) is 0 Å². The number of anilines is 1. The molecule has 1 amide bonds. The Morgan fingerprint density at radius 2 is 1.89 bits per heavy atom. The Morgan fingerprint density at radius 1 is 1.32 bits per heavy atom. The summed E-state index contributed by atoms with van der Waals surface area (Å²) in [6, 6.07) is 6.86. The van der Waals surface area contributed by atoms with Gasteiger partial charge < -0.3 is 10.4 Å². The number of amides is 1. The summed E-state index contributed by atoms with van der Waals surface area (Å²) in [4.78, 5) is 22.3. The van der Waals surface area contributed by atoms with Gasteiger partial charge in [-0.2, -0.15) is 0 Å². The molecule has 1 unspecified atom stereocenters. The smallest absolute Gasteiger partial charge is 0.307 e. The van der Waals surface area contributed by atoms with Gasteiger partial charge in [0.2, 0.25) is 5.91 Å². The topological polar surface area (TPSA) is 66.4 Å². The zero-order valence-corrected chi connectivity index (χ0v) is 13.2. The Bertz CT molecular complexity index is 499. The van der Waals surface area contributed by atoms with E-state index in [0.717, 1.165) is 6.42 Å². The predicted molar refractivity (Wildman–Crippen MR) is 79.7 cm³/mol. The lowest BCUT2D eigenvalue weighted by Crippen LogP contribution is -2.13. The summed E-state index contributed by atoms with van der Waals surface area (Å²) >= 11 is 6.96. The molecule has 2 N–H and O–H groups in total. The summed E-state index contributed by atoms with van der Waals surface area (Å²) < 4.78 is -0.0668. The number of carbonyl (C=O) groups excluding carboxylic acids is 1. The molecule has 1 aromatic carbocycles. The van der Waals surface area contributed by atoms with E-state index in [0.29, 0.717) is 23.6 Å². The van der Waals surface area contributed by atoms with Gasteiger partial charge in [0.05, 0.1) is 9.65 Å². The van der Waals surface area contributed by atoms with E-state index in [1.54, 1.807) is 24.3 Å². The Labute approximate surface area is 127 Å². The molecule has 1 atom stereocenters. The van der Waals surface area contributed by atoms with Crippen LogP contribution in [0.2, 0.25) is 0 Å². The van der Waals surface area contributed by atoms with Crippen molar-refractivity contribution in [1.29, 1.82) is 0 Å². The van der Waals surface area contributed by atoms with Gasteiger partial charge in [-0.15, -0.1) is 0 Å². The first-order valence-electron chi connectivity index (χ1n) is 5.85. The zero-order chi connectivity index (χ0) is 14.0. The molecular formula is C13H13Br2NO3. The Kier molecular flexibility index (Phi) is 4.30. The van der Waals surface area contributed by atoms with Crippen LogP contribution in [0.3, 0.4) is 0 Å². The minimum Gasteiger partial charge on any atom is -0.481 e. The quantitative estimate of drug-likeness (QED) is 0.759. The van der Waals surface area contributed by atoms with E-state index in [1.807, 2.05) is 0 Å². The standard InChI is InChI=1S/C13H13Br2NO3/c14-13(15)7-9(13)6-11(17)16-10-3-1-8(2-4-10)5-12(18)19/h1-4,9H,5-7H2,(H,16,17)(H,18,19). The van der Waals surface area contributed by atoms with Gasteiger partial charge in [0.15, 0.2) is 0 Å². The molecule has 0 heterocycles. The number of hydrogen-bond donors (Lipinski definition) is 2. The average Bonchev–Trinajstić information content (AvgIpc) is 2.88. The molecule has 0 aliphatic heterocycles. The highest BCUT2D eigenvalue weighted by Gasteiger charge is 2.50. The molecule has 1 aromatic rings. The molecule has 1 aliphatic rings. The fraction of sp³-hybridized carbons (Fsp3) is 0.385. The van der Waals surface area contributed by atoms with Crippen molar-refractivity contribution in [1.82, 2.24) is 0 Å². The van der Waals surface area contributed by atoms with Crippen molar-refractivity contribution in [2.24, 2.45) is 5.92 Å². The van der Waals surface area contributed by atoms with E-state index in [2.05, 4.69) is 37.2 Å². The highest BCUT2D eigenvalue weighted by molar-refractivity contribution is 9.25. The number of halogens is 2. The number of carboxylic acids is 1. The van der Waals surface area contributed by atoms with Crippen molar-refractivity contribution >= 4 is 49.4 Å². The van der Waals surface area contributed by atoms with Crippen LogP contribution in [0.25, 0.3) is 0 Å². The van der Waals surface area contributed by atoms with Gasteiger partial charge in [-0.1, -0.05) is 44.0 Å². The van der Waals surface area contributed by atoms with Crippen LogP contribution in [-0.4, -0.2) is 20.2 Å². The minimum absolute atomic E-state index is 0.00794. The maximum atomic E-state index is 11.8. The van der Waals surface area contributed by atoms with Crippen LogP contribution in [0.5, 0.6) is 0 Å². The first-order chi connectivity index (χ1) is 8.87. The Morgan fingerprint density at radius 3 is 2.37 bits per heavy atom. The number of benzene rings is 1. The van der Waals surface area contributed by atoms with Crippen LogP contribution < -0.4 is 5.32 Å². The van der Waals surface area contributed by atoms with Crippen molar-refractivity contribution in [3.63, 3.8) is 0 Å². The summed E-state index contributed by atoms with van der Waals surface area (Å²) in [6.07, 6.45) is 1.40. The number of alkyl halides is 2. The molecule has 6 heteroatoms. The van der Waals surface area contributed by atoms with Crippen molar-refractivity contribution < 1.29 is 14.7 Å². The summed E-state index contributed by atoms with van der Waals surface area (Å²) in [5.41, 5.74) is 1.40. The van der Waals surface area contributed by atoms with Crippen LogP contribution in [0.15, 0.2) is 24.3 Å². The van der Waals surface area contributed by atoms with Crippen LogP contribution in [0.1, 0.15) is 18.4 Å². The second-order valence-corrected chi connectivity index (χ2v) is 8.58. The maximum absolute atomic E-state index is 11.8. The van der Waals surface area contributed by atoms with Crippen LogP contribution in [0.4, 0.5) is 5.69 Å². The van der Waals surface area contributed by atoms with E-state index in [9.17, 15) is 9.59 Å². The number of carboxylic acid groups (broad SMARTS) is 1. The van der Waals surface area contributed by atoms with Crippen molar-refractivity contribution in [2.45, 2.75) is 22.5 Å². The monoisotopic (exact) mass is 389 g/mol. The molecule has 1 fully saturated rings. The lowest BCUT2D eigenvalue weighted by molar-refractivity contribution is -0.136. The maximum Gasteiger partial charge on any atom is 0.307 e. The Balaban J connectivity index is 1.85. The van der Waals surface area contributed by atoms with Gasteiger partial charge in [0, 0.05) is 12.1 Å². The fourth-order valence-electron chi connectivity index (χ4n) is 1.81. The van der Waals surface area contributed by atoms with E-state index >= 15 is 0 Å². The van der Waals surface area contributed by atoms with Crippen molar-refractivity contribution in [3.8, 4) is 0 Å². The van der Waals surface area contributed by atoms with Gasteiger partial charge in [0.1, 0.15) is 0 Å². The number of rotatable bonds is 5. The Hall–Kier alpha value is -0.880. The molecule has 1 aliphatic carbocycles. The number of hydrogen-bond acceptors (Lipinski definition) is 2. The van der Waals surface area contributed by atoms with Crippen LogP contribution in [0, 0.1) is 5.92 Å². The van der Waals surface area contributed by atoms with Crippen molar-refractivity contribution in [2.75, 3.05) is 5.32 Å². The molecule has 4 nitrogen and oxygen atoms in total. The molecule has 102 valence electrons. The molecule has 19 heavy (non-hydrogen) atoms. The molecule has 2 rings (SSSR count). The van der Waals surface area contributed by atoms with Crippen molar-refractivity contribution in [3.05, 3.63) is 29.8 Å². The third-order valence-corrected chi connectivity index (χ3v) is 4.92. The van der Waals surface area contributed by atoms with Gasteiger partial charge >= 0.3 is 5.97 Å². The molecular weight excluding hydrogens is 378 g/mol. The lowest BCUT2D eigenvalue weighted by atomic mass is 10.1. The number of aliphatic carboxylic acids is 1. The van der Waals surface area contributed by atoms with E-state index in [4.69, 9.17) is 5.11 Å². The normalized spacial score (nSPS) is 19.8. The summed E-state index contributed by atoms with van der Waals surface area (Å²) in [6.45, 7) is 0. The van der Waals surface area contributed by atoms with Gasteiger partial charge in [-0.3, -0.25) is 9.59 Å². The second-order valence-electron chi connectivity index (χ2n) is 4.68. The molecule has 1 saturated carbocycles. The molecule has 0 saturated heterocycles. The highest BCUT2D eigenvalue weighted by Crippen LogP contribution is 2.57. The largest absolute Gasteiger partial charge is 0.481 e. The van der Waals surface area contributed by atoms with Crippen LogP contribution in [-0.2, 0) is 16.0 Å². The van der Waals surface area contributed by atoms with E-state index in [1.165, 1.54) is 0 Å². The minimum atomic E-state index is -0.864. The van der Waals surface area contributed by atoms with Crippen LogP contribution >= 0.6 is 31.9 Å². The summed E-state index contributed by atoms with van der Waals surface area (Å²) in [5, 5.41) is 11.5. The first kappa shape index (κ1) is 14.5. The predicted octanol–water partition coefficient (Wildman–Crippen LogP) is 3.15. The van der Waals surface area contributed by atoms with E-state index < -0.39 is 5.97 Å². The lowest BCUT2D eigenvalue weighted by Gasteiger charge is -2.06. The summed E-state index contributed by atoms with van der Waals surface area (Å²) in [5.74, 6) is -0.577.